The predicted molar refractivity (Wildman–Crippen MR) is 96.1 cm³/mol. The van der Waals surface area contributed by atoms with E-state index in [1.54, 1.807) is 6.07 Å². The molecular formula is C20H19N3O3. The van der Waals surface area contributed by atoms with Crippen molar-refractivity contribution in [1.29, 1.82) is 5.26 Å². The zero-order valence-corrected chi connectivity index (χ0v) is 14.2. The first kappa shape index (κ1) is 16.4. The second kappa shape index (κ2) is 6.34. The third kappa shape index (κ3) is 2.76. The van der Waals surface area contributed by atoms with Crippen LogP contribution in [-0.4, -0.2) is 34.3 Å². The van der Waals surface area contributed by atoms with Gasteiger partial charge >= 0.3 is 5.97 Å². The van der Waals surface area contributed by atoms with Gasteiger partial charge in [0.1, 0.15) is 17.4 Å². The summed E-state index contributed by atoms with van der Waals surface area (Å²) in [7, 11) is 0. The Morgan fingerprint density at radius 1 is 1.23 bits per heavy atom. The van der Waals surface area contributed by atoms with Crippen molar-refractivity contribution in [1.82, 2.24) is 4.98 Å². The number of carboxylic acids is 1. The lowest BCUT2D eigenvalue weighted by atomic mass is 10.0. The molecule has 6 heteroatoms. The number of nitriles is 1. The molecule has 4 rings (SSSR count). The molecule has 2 heterocycles. The number of aromatic hydroxyl groups is 1. The van der Waals surface area contributed by atoms with Crippen molar-refractivity contribution in [3.8, 4) is 23.1 Å². The van der Waals surface area contributed by atoms with Crippen molar-refractivity contribution in [2.24, 2.45) is 11.8 Å². The third-order valence-corrected chi connectivity index (χ3v) is 5.59. The fraction of sp³-hybridized carbons (Fsp3) is 0.350. The lowest BCUT2D eigenvalue weighted by molar-refractivity contribution is 0.0693. The summed E-state index contributed by atoms with van der Waals surface area (Å²) in [5.74, 6) is -0.120. The molecule has 1 aromatic carbocycles. The van der Waals surface area contributed by atoms with E-state index in [4.69, 9.17) is 5.11 Å². The average molecular weight is 349 g/mol. The first-order valence-electron chi connectivity index (χ1n) is 8.78. The summed E-state index contributed by atoms with van der Waals surface area (Å²) in [6.07, 6.45) is 4.99. The minimum Gasteiger partial charge on any atom is -0.505 e. The summed E-state index contributed by atoms with van der Waals surface area (Å²) in [5.41, 5.74) is 2.37. The number of pyridine rings is 1. The van der Waals surface area contributed by atoms with Crippen LogP contribution in [0.1, 0.15) is 35.2 Å². The van der Waals surface area contributed by atoms with Crippen LogP contribution in [0, 0.1) is 23.2 Å². The molecule has 1 aliphatic heterocycles. The summed E-state index contributed by atoms with van der Waals surface area (Å²) in [4.78, 5) is 17.6. The van der Waals surface area contributed by atoms with Crippen LogP contribution in [-0.2, 0) is 0 Å². The number of rotatable bonds is 3. The Kier molecular flexibility index (Phi) is 4.00. The van der Waals surface area contributed by atoms with E-state index in [2.05, 4.69) is 16.0 Å². The second-order valence-corrected chi connectivity index (χ2v) is 7.09. The van der Waals surface area contributed by atoms with Crippen LogP contribution in [0.3, 0.4) is 0 Å². The maximum absolute atomic E-state index is 11.2. The van der Waals surface area contributed by atoms with Crippen LogP contribution in [0.4, 0.5) is 5.69 Å². The fourth-order valence-electron chi connectivity index (χ4n) is 4.27. The lowest BCUT2D eigenvalue weighted by Gasteiger charge is -2.21. The van der Waals surface area contributed by atoms with Crippen molar-refractivity contribution in [3.63, 3.8) is 0 Å². The molecule has 1 saturated carbocycles. The molecule has 132 valence electrons. The van der Waals surface area contributed by atoms with Gasteiger partial charge in [0.2, 0.25) is 0 Å². The number of carbonyl (C=O) groups is 1. The zero-order valence-electron chi connectivity index (χ0n) is 14.2. The van der Waals surface area contributed by atoms with Gasteiger partial charge in [0.25, 0.3) is 0 Å². The van der Waals surface area contributed by atoms with Gasteiger partial charge in [-0.1, -0.05) is 12.5 Å². The maximum Gasteiger partial charge on any atom is 0.339 e. The molecule has 2 N–H and O–H groups in total. The molecule has 2 atom stereocenters. The Morgan fingerprint density at radius 3 is 2.62 bits per heavy atom. The predicted octanol–water partition coefficient (Wildman–Crippen LogP) is 3.26. The first-order valence-corrected chi connectivity index (χ1v) is 8.78. The summed E-state index contributed by atoms with van der Waals surface area (Å²) >= 11 is 0. The van der Waals surface area contributed by atoms with Gasteiger partial charge in [-0.25, -0.2) is 4.79 Å². The topological polar surface area (TPSA) is 97.5 Å². The van der Waals surface area contributed by atoms with Crippen molar-refractivity contribution >= 4 is 11.7 Å². The number of aromatic nitrogens is 1. The number of nitrogens with zero attached hydrogens (tertiary/aromatic N) is 3. The maximum atomic E-state index is 11.2. The van der Waals surface area contributed by atoms with E-state index >= 15 is 0 Å². The minimum atomic E-state index is -1.22. The van der Waals surface area contributed by atoms with Gasteiger partial charge in [-0.15, -0.1) is 0 Å². The minimum absolute atomic E-state index is 0.204. The summed E-state index contributed by atoms with van der Waals surface area (Å²) in [6, 6.07) is 9.11. The largest absolute Gasteiger partial charge is 0.505 e. The molecule has 1 aliphatic carbocycles. The number of hydrogen-bond donors (Lipinski definition) is 2. The van der Waals surface area contributed by atoms with Crippen molar-refractivity contribution in [2.45, 2.75) is 19.3 Å². The van der Waals surface area contributed by atoms with E-state index in [9.17, 15) is 15.2 Å². The number of aromatic carboxylic acids is 1. The van der Waals surface area contributed by atoms with Crippen LogP contribution in [0.2, 0.25) is 0 Å². The van der Waals surface area contributed by atoms with Crippen molar-refractivity contribution < 1.29 is 15.0 Å². The molecule has 2 aliphatic rings. The fourth-order valence-corrected chi connectivity index (χ4v) is 4.27. The number of carboxylic acid groups (broad SMARTS) is 1. The Morgan fingerprint density at radius 2 is 1.96 bits per heavy atom. The van der Waals surface area contributed by atoms with Gasteiger partial charge in [-0.3, -0.25) is 4.98 Å². The number of anilines is 1. The third-order valence-electron chi connectivity index (χ3n) is 5.59. The molecule has 2 aromatic rings. The number of hydrogen-bond acceptors (Lipinski definition) is 5. The van der Waals surface area contributed by atoms with Gasteiger partial charge in [-0.05, 0) is 42.9 Å². The van der Waals surface area contributed by atoms with Gasteiger partial charge in [0.05, 0.1) is 23.1 Å². The highest BCUT2D eigenvalue weighted by molar-refractivity contribution is 5.92. The van der Waals surface area contributed by atoms with E-state index in [-0.39, 0.29) is 11.3 Å². The van der Waals surface area contributed by atoms with E-state index in [1.807, 2.05) is 12.1 Å². The molecule has 0 amide bonds. The summed E-state index contributed by atoms with van der Waals surface area (Å²) < 4.78 is 0. The van der Waals surface area contributed by atoms with Gasteiger partial charge in [0.15, 0.2) is 0 Å². The molecule has 0 bridgehead atoms. The highest BCUT2D eigenvalue weighted by Gasteiger charge is 2.36. The molecule has 1 aromatic heterocycles. The van der Waals surface area contributed by atoms with Crippen molar-refractivity contribution in [2.75, 3.05) is 18.0 Å². The lowest BCUT2D eigenvalue weighted by Crippen LogP contribution is -2.21. The highest BCUT2D eigenvalue weighted by atomic mass is 16.4. The van der Waals surface area contributed by atoms with Gasteiger partial charge in [-0.2, -0.15) is 5.26 Å². The molecular weight excluding hydrogens is 330 g/mol. The van der Waals surface area contributed by atoms with Crippen LogP contribution in [0.25, 0.3) is 11.3 Å². The van der Waals surface area contributed by atoms with E-state index < -0.39 is 5.97 Å². The number of fused-ring (bicyclic) bond motifs is 1. The monoisotopic (exact) mass is 349 g/mol. The number of benzene rings is 1. The molecule has 6 nitrogen and oxygen atoms in total. The average Bonchev–Trinajstić information content (AvgIpc) is 3.23. The van der Waals surface area contributed by atoms with E-state index in [0.29, 0.717) is 16.8 Å². The Hall–Kier alpha value is -3.07. The Balaban J connectivity index is 1.67. The van der Waals surface area contributed by atoms with Crippen LogP contribution < -0.4 is 4.90 Å². The van der Waals surface area contributed by atoms with Crippen LogP contribution >= 0.6 is 0 Å². The first-order chi connectivity index (χ1) is 12.6. The zero-order chi connectivity index (χ0) is 18.3. The molecule has 2 fully saturated rings. The molecule has 2 unspecified atom stereocenters. The normalized spacial score (nSPS) is 21.4. The highest BCUT2D eigenvalue weighted by Crippen LogP contribution is 2.40. The Labute approximate surface area is 151 Å². The second-order valence-electron chi connectivity index (χ2n) is 7.09. The molecule has 0 spiro atoms. The van der Waals surface area contributed by atoms with Crippen LogP contribution in [0.5, 0.6) is 5.75 Å². The van der Waals surface area contributed by atoms with Crippen molar-refractivity contribution in [3.05, 3.63) is 41.6 Å². The standard InChI is InChI=1S/C20H19N3O3/c21-8-15-6-12(17-7-16(20(25)26)19(24)9-22-17)4-5-18(15)23-10-13-2-1-3-14(13)11-23/h4-7,9,13-14,24H,1-3,10-11H2,(H,25,26). The SMILES string of the molecule is N#Cc1cc(-c2cc(C(=O)O)c(O)cn2)ccc1N1CC2CCCC2C1. The van der Waals surface area contributed by atoms with E-state index in [1.165, 1.54) is 25.3 Å². The Bertz CT molecular complexity index is 907. The molecule has 0 radical (unpaired) electrons. The van der Waals surface area contributed by atoms with Crippen LogP contribution in [0.15, 0.2) is 30.5 Å². The molecule has 26 heavy (non-hydrogen) atoms. The van der Waals surface area contributed by atoms with Gasteiger partial charge in [0, 0.05) is 18.7 Å². The van der Waals surface area contributed by atoms with E-state index in [0.717, 1.165) is 36.8 Å². The van der Waals surface area contributed by atoms with Gasteiger partial charge < -0.3 is 15.1 Å². The molecule has 1 saturated heterocycles. The smallest absolute Gasteiger partial charge is 0.339 e. The quantitative estimate of drug-likeness (QED) is 0.883. The summed E-state index contributed by atoms with van der Waals surface area (Å²) in [5, 5.41) is 28.4. The summed E-state index contributed by atoms with van der Waals surface area (Å²) in [6.45, 7) is 2.00.